The number of anilines is 1. The number of hydrogen-bond acceptors (Lipinski definition) is 5. The molecule has 3 rings (SSSR count). The molecule has 3 aromatic rings. The van der Waals surface area contributed by atoms with Crippen molar-refractivity contribution in [2.75, 3.05) is 5.32 Å². The van der Waals surface area contributed by atoms with Crippen LogP contribution < -0.4 is 10.9 Å². The van der Waals surface area contributed by atoms with Gasteiger partial charge in [0.15, 0.2) is 0 Å². The molecule has 0 spiro atoms. The Morgan fingerprint density at radius 1 is 1.14 bits per heavy atom. The Hall–Kier alpha value is -3.88. The maximum atomic E-state index is 13.4. The molecule has 0 radical (unpaired) electrons. The average molecular weight is 396 g/mol. The van der Waals surface area contributed by atoms with Crippen LogP contribution in [0.5, 0.6) is 0 Å². The van der Waals surface area contributed by atoms with Gasteiger partial charge in [0.05, 0.1) is 10.6 Å². The third-order valence-corrected chi connectivity index (χ3v) is 4.39. The first-order chi connectivity index (χ1) is 13.7. The van der Waals surface area contributed by atoms with Crippen molar-refractivity contribution in [2.45, 2.75) is 20.4 Å². The zero-order valence-electron chi connectivity index (χ0n) is 15.7. The first kappa shape index (κ1) is 19.9. The summed E-state index contributed by atoms with van der Waals surface area (Å²) in [5.41, 5.74) is 2.33. The van der Waals surface area contributed by atoms with Crippen molar-refractivity contribution in [3.8, 4) is 11.3 Å². The van der Waals surface area contributed by atoms with E-state index in [-0.39, 0.29) is 5.69 Å². The van der Waals surface area contributed by atoms with Gasteiger partial charge in [0.1, 0.15) is 6.54 Å². The molecular weight excluding hydrogens is 379 g/mol. The van der Waals surface area contributed by atoms with Crippen LogP contribution in [0.1, 0.15) is 11.1 Å². The number of nitro groups is 1. The van der Waals surface area contributed by atoms with Gasteiger partial charge in [0, 0.05) is 23.4 Å². The second-order valence-corrected chi connectivity index (χ2v) is 6.48. The minimum absolute atomic E-state index is 0.0430. The average Bonchev–Trinajstić information content (AvgIpc) is 2.67. The predicted octanol–water partition coefficient (Wildman–Crippen LogP) is 3.21. The highest BCUT2D eigenvalue weighted by atomic mass is 19.1. The number of rotatable bonds is 5. The smallest absolute Gasteiger partial charge is 0.306 e. The summed E-state index contributed by atoms with van der Waals surface area (Å²) in [7, 11) is 0. The van der Waals surface area contributed by atoms with Gasteiger partial charge in [-0.1, -0.05) is 12.1 Å². The Bertz CT molecular complexity index is 1170. The summed E-state index contributed by atoms with van der Waals surface area (Å²) in [6.45, 7) is 3.55. The molecule has 148 valence electrons. The lowest BCUT2D eigenvalue weighted by molar-refractivity contribution is -0.387. The molecule has 1 N–H and O–H groups in total. The molecule has 0 atom stereocenters. The number of aryl methyl sites for hydroxylation is 2. The highest BCUT2D eigenvalue weighted by molar-refractivity contribution is 5.90. The number of hydrogen-bond donors (Lipinski definition) is 1. The first-order valence-electron chi connectivity index (χ1n) is 8.64. The standard InChI is InChI=1S/C20H17FN4O4/c1-12-3-4-14(9-13(12)2)17-7-8-20(27)24(23-17)11-19(26)22-15-5-6-16(21)18(10-15)25(28)29/h3-10H,11H2,1-2H3,(H,22,26). The van der Waals surface area contributed by atoms with E-state index in [1.165, 1.54) is 12.1 Å². The van der Waals surface area contributed by atoms with E-state index in [9.17, 15) is 24.1 Å². The summed E-state index contributed by atoms with van der Waals surface area (Å²) in [5, 5.41) is 17.4. The third-order valence-electron chi connectivity index (χ3n) is 4.39. The van der Waals surface area contributed by atoms with Crippen molar-refractivity contribution in [2.24, 2.45) is 0 Å². The molecule has 0 aliphatic heterocycles. The molecule has 0 fully saturated rings. The van der Waals surface area contributed by atoms with Crippen molar-refractivity contribution in [3.05, 3.63) is 85.9 Å². The molecule has 1 amide bonds. The van der Waals surface area contributed by atoms with Crippen molar-refractivity contribution < 1.29 is 14.1 Å². The number of benzene rings is 2. The largest absolute Gasteiger partial charge is 0.324 e. The Morgan fingerprint density at radius 2 is 1.90 bits per heavy atom. The summed E-state index contributed by atoms with van der Waals surface area (Å²) >= 11 is 0. The van der Waals surface area contributed by atoms with Gasteiger partial charge in [0.2, 0.25) is 11.7 Å². The lowest BCUT2D eigenvalue weighted by atomic mass is 10.0. The Morgan fingerprint density at radius 3 is 2.59 bits per heavy atom. The van der Waals surface area contributed by atoms with Gasteiger partial charge < -0.3 is 5.32 Å². The van der Waals surface area contributed by atoms with Crippen LogP contribution in [-0.4, -0.2) is 20.6 Å². The Balaban J connectivity index is 1.82. The van der Waals surface area contributed by atoms with Gasteiger partial charge >= 0.3 is 5.69 Å². The number of aromatic nitrogens is 2. The van der Waals surface area contributed by atoms with Crippen molar-refractivity contribution in [3.63, 3.8) is 0 Å². The second kappa shape index (κ2) is 8.01. The summed E-state index contributed by atoms with van der Waals surface area (Å²) < 4.78 is 14.4. The van der Waals surface area contributed by atoms with Gasteiger partial charge in [-0.2, -0.15) is 9.49 Å². The highest BCUT2D eigenvalue weighted by Gasteiger charge is 2.16. The van der Waals surface area contributed by atoms with Crippen LogP contribution in [0.3, 0.4) is 0 Å². The number of carbonyl (C=O) groups is 1. The molecule has 9 heteroatoms. The van der Waals surface area contributed by atoms with Gasteiger partial charge in [-0.3, -0.25) is 19.7 Å². The van der Waals surface area contributed by atoms with E-state index in [0.29, 0.717) is 5.69 Å². The fraction of sp³-hybridized carbons (Fsp3) is 0.150. The van der Waals surface area contributed by atoms with Gasteiger partial charge in [-0.25, -0.2) is 4.68 Å². The molecule has 0 aliphatic carbocycles. The Kier molecular flexibility index (Phi) is 5.49. The fourth-order valence-corrected chi connectivity index (χ4v) is 2.68. The Labute approximate surface area is 164 Å². The molecule has 0 saturated heterocycles. The zero-order valence-corrected chi connectivity index (χ0v) is 15.7. The monoisotopic (exact) mass is 396 g/mol. The molecular formula is C20H17FN4O4. The second-order valence-electron chi connectivity index (χ2n) is 6.48. The molecule has 0 aliphatic rings. The van der Waals surface area contributed by atoms with Crippen LogP contribution >= 0.6 is 0 Å². The van der Waals surface area contributed by atoms with Crippen LogP contribution in [0, 0.1) is 29.8 Å². The molecule has 1 aromatic heterocycles. The van der Waals surface area contributed by atoms with Crippen molar-refractivity contribution in [1.29, 1.82) is 0 Å². The third kappa shape index (κ3) is 4.52. The lowest BCUT2D eigenvalue weighted by Crippen LogP contribution is -2.29. The van der Waals surface area contributed by atoms with Crippen LogP contribution in [0.2, 0.25) is 0 Å². The maximum absolute atomic E-state index is 13.4. The number of nitrogens with one attached hydrogen (secondary N) is 1. The molecule has 0 unspecified atom stereocenters. The van der Waals surface area contributed by atoms with E-state index < -0.39 is 34.4 Å². The topological polar surface area (TPSA) is 107 Å². The van der Waals surface area contributed by atoms with Crippen molar-refractivity contribution >= 4 is 17.3 Å². The molecule has 0 saturated carbocycles. The van der Waals surface area contributed by atoms with E-state index in [1.807, 2.05) is 32.0 Å². The van der Waals surface area contributed by atoms with Gasteiger partial charge in [0.25, 0.3) is 5.56 Å². The maximum Gasteiger partial charge on any atom is 0.306 e. The summed E-state index contributed by atoms with van der Waals surface area (Å²) in [6.07, 6.45) is 0. The number of amides is 1. The van der Waals surface area contributed by atoms with Crippen LogP contribution in [0.25, 0.3) is 11.3 Å². The van der Waals surface area contributed by atoms with E-state index in [2.05, 4.69) is 10.4 Å². The number of carbonyl (C=O) groups excluding carboxylic acids is 1. The summed E-state index contributed by atoms with van der Waals surface area (Å²) in [5.74, 6) is -1.63. The minimum Gasteiger partial charge on any atom is -0.324 e. The van der Waals surface area contributed by atoms with Crippen molar-refractivity contribution in [1.82, 2.24) is 9.78 Å². The highest BCUT2D eigenvalue weighted by Crippen LogP contribution is 2.22. The molecule has 2 aromatic carbocycles. The zero-order chi connectivity index (χ0) is 21.1. The van der Waals surface area contributed by atoms with Crippen LogP contribution in [0.4, 0.5) is 15.8 Å². The SMILES string of the molecule is Cc1ccc(-c2ccc(=O)n(CC(=O)Nc3ccc(F)c([N+](=O)[O-])c3)n2)cc1C. The van der Waals surface area contributed by atoms with E-state index in [4.69, 9.17) is 0 Å². The molecule has 1 heterocycles. The predicted molar refractivity (Wildman–Crippen MR) is 105 cm³/mol. The van der Waals surface area contributed by atoms with E-state index in [0.717, 1.165) is 33.5 Å². The van der Waals surface area contributed by atoms with E-state index >= 15 is 0 Å². The number of nitrogens with zero attached hydrogens (tertiary/aromatic N) is 3. The first-order valence-corrected chi connectivity index (χ1v) is 8.64. The summed E-state index contributed by atoms with van der Waals surface area (Å²) in [4.78, 5) is 34.3. The lowest BCUT2D eigenvalue weighted by Gasteiger charge is -2.09. The quantitative estimate of drug-likeness (QED) is 0.526. The number of nitro benzene ring substituents is 1. The molecule has 0 bridgehead atoms. The fourth-order valence-electron chi connectivity index (χ4n) is 2.68. The molecule has 29 heavy (non-hydrogen) atoms. The molecule has 8 nitrogen and oxygen atoms in total. The minimum atomic E-state index is -1.01. The summed E-state index contributed by atoms with van der Waals surface area (Å²) in [6, 6.07) is 11.6. The number of halogens is 1. The van der Waals surface area contributed by atoms with Crippen LogP contribution in [0.15, 0.2) is 53.3 Å². The van der Waals surface area contributed by atoms with Gasteiger partial charge in [-0.05, 0) is 49.2 Å². The van der Waals surface area contributed by atoms with Gasteiger partial charge in [-0.15, -0.1) is 0 Å². The van der Waals surface area contributed by atoms with Crippen LogP contribution in [-0.2, 0) is 11.3 Å². The van der Waals surface area contributed by atoms with E-state index in [1.54, 1.807) is 6.07 Å². The normalized spacial score (nSPS) is 10.6.